The molecule has 0 radical (unpaired) electrons. The number of hydrogen-bond acceptors (Lipinski definition) is 4. The van der Waals surface area contributed by atoms with Gasteiger partial charge in [0, 0.05) is 44.2 Å². The molecule has 7 heteroatoms. The van der Waals surface area contributed by atoms with E-state index in [4.69, 9.17) is 16.9 Å². The highest BCUT2D eigenvalue weighted by Gasteiger charge is 2.28. The summed E-state index contributed by atoms with van der Waals surface area (Å²) in [6.45, 7) is 4.71. The van der Waals surface area contributed by atoms with Crippen molar-refractivity contribution < 1.29 is 8.42 Å². The van der Waals surface area contributed by atoms with E-state index in [9.17, 15) is 8.42 Å². The normalized spacial score (nSPS) is 17.6. The minimum absolute atomic E-state index is 0.248. The van der Waals surface area contributed by atoms with E-state index >= 15 is 0 Å². The summed E-state index contributed by atoms with van der Waals surface area (Å²) in [6.07, 6.45) is 0.472. The summed E-state index contributed by atoms with van der Waals surface area (Å²) < 4.78 is 26.7. The van der Waals surface area contributed by atoms with Gasteiger partial charge in [-0.05, 0) is 30.7 Å². The lowest BCUT2D eigenvalue weighted by Crippen LogP contribution is -2.48. The molecule has 1 aliphatic heterocycles. The molecular formula is C14H18ClN3O2S. The van der Waals surface area contributed by atoms with E-state index in [0.29, 0.717) is 44.2 Å². The van der Waals surface area contributed by atoms with E-state index in [1.165, 1.54) is 10.4 Å². The van der Waals surface area contributed by atoms with Crippen molar-refractivity contribution in [1.29, 1.82) is 5.26 Å². The van der Waals surface area contributed by atoms with Gasteiger partial charge in [-0.3, -0.25) is 4.90 Å². The van der Waals surface area contributed by atoms with Gasteiger partial charge in [0.05, 0.1) is 11.0 Å². The molecule has 1 fully saturated rings. The van der Waals surface area contributed by atoms with Crippen LogP contribution in [0, 0.1) is 18.3 Å². The molecule has 1 aromatic rings. The third kappa shape index (κ3) is 3.95. The topological polar surface area (TPSA) is 64.4 Å². The summed E-state index contributed by atoms with van der Waals surface area (Å²) in [6, 6.07) is 6.98. The Balaban J connectivity index is 2.10. The van der Waals surface area contributed by atoms with Crippen LogP contribution >= 0.6 is 11.6 Å². The number of benzene rings is 1. The molecule has 0 unspecified atom stereocenters. The van der Waals surface area contributed by atoms with Crippen LogP contribution in [0.25, 0.3) is 0 Å². The first-order chi connectivity index (χ1) is 9.93. The van der Waals surface area contributed by atoms with Gasteiger partial charge in [-0.2, -0.15) is 9.57 Å². The van der Waals surface area contributed by atoms with Gasteiger partial charge in [0.15, 0.2) is 0 Å². The van der Waals surface area contributed by atoms with E-state index in [1.54, 1.807) is 12.1 Å². The van der Waals surface area contributed by atoms with Gasteiger partial charge in [-0.15, -0.1) is 0 Å². The van der Waals surface area contributed by atoms with Crippen LogP contribution in [-0.2, 0) is 10.0 Å². The highest BCUT2D eigenvalue weighted by atomic mass is 35.5. The monoisotopic (exact) mass is 327 g/mol. The lowest BCUT2D eigenvalue weighted by Gasteiger charge is -2.33. The number of sulfonamides is 1. The molecule has 1 aromatic carbocycles. The number of nitrogens with zero attached hydrogens (tertiary/aromatic N) is 3. The first kappa shape index (κ1) is 16.2. The Morgan fingerprint density at radius 1 is 1.24 bits per heavy atom. The molecule has 21 heavy (non-hydrogen) atoms. The van der Waals surface area contributed by atoms with Crippen LogP contribution < -0.4 is 0 Å². The second-order valence-corrected chi connectivity index (χ2v) is 7.49. The average molecular weight is 328 g/mol. The van der Waals surface area contributed by atoms with Crippen molar-refractivity contribution in [3.63, 3.8) is 0 Å². The molecule has 1 saturated heterocycles. The van der Waals surface area contributed by atoms with Crippen LogP contribution in [0.2, 0.25) is 5.02 Å². The molecule has 0 aromatic heterocycles. The van der Waals surface area contributed by atoms with Gasteiger partial charge in [-0.1, -0.05) is 11.6 Å². The van der Waals surface area contributed by atoms with Gasteiger partial charge in [-0.25, -0.2) is 8.42 Å². The first-order valence-corrected chi connectivity index (χ1v) is 8.62. The molecule has 114 valence electrons. The number of nitriles is 1. The van der Waals surface area contributed by atoms with Crippen molar-refractivity contribution >= 4 is 21.6 Å². The molecule has 0 N–H and O–H groups in total. The molecule has 0 bridgehead atoms. The molecule has 5 nitrogen and oxygen atoms in total. The third-order valence-electron chi connectivity index (χ3n) is 3.52. The van der Waals surface area contributed by atoms with E-state index in [1.807, 2.05) is 6.92 Å². The zero-order valence-electron chi connectivity index (χ0n) is 11.9. The van der Waals surface area contributed by atoms with Gasteiger partial charge in [0.1, 0.15) is 0 Å². The molecule has 1 aliphatic rings. The van der Waals surface area contributed by atoms with Gasteiger partial charge in [0.2, 0.25) is 10.0 Å². The number of rotatable bonds is 4. The Morgan fingerprint density at radius 3 is 2.48 bits per heavy atom. The van der Waals surface area contributed by atoms with Crippen LogP contribution in [0.3, 0.4) is 0 Å². The van der Waals surface area contributed by atoms with E-state index in [2.05, 4.69) is 11.0 Å². The standard InChI is InChI=1S/C14H18ClN3O2S/c1-12-9-13(15)11-14(10-12)21(19,20)18-7-5-17(6-8-18)4-2-3-16/h9-11H,2,4-8H2,1H3. The maximum atomic E-state index is 12.6. The minimum Gasteiger partial charge on any atom is -0.300 e. The van der Waals surface area contributed by atoms with Crippen molar-refractivity contribution in [2.24, 2.45) is 0 Å². The molecule has 0 atom stereocenters. The molecule has 0 spiro atoms. The van der Waals surface area contributed by atoms with Crippen molar-refractivity contribution in [3.05, 3.63) is 28.8 Å². The Kier molecular flexibility index (Phi) is 5.22. The van der Waals surface area contributed by atoms with Gasteiger partial charge in [0.25, 0.3) is 0 Å². The zero-order valence-corrected chi connectivity index (χ0v) is 13.5. The zero-order chi connectivity index (χ0) is 15.5. The lowest BCUT2D eigenvalue weighted by molar-refractivity contribution is 0.191. The highest BCUT2D eigenvalue weighted by molar-refractivity contribution is 7.89. The van der Waals surface area contributed by atoms with E-state index < -0.39 is 10.0 Å². The van der Waals surface area contributed by atoms with Crippen LogP contribution in [0.4, 0.5) is 0 Å². The Bertz CT molecular complexity index is 626. The fourth-order valence-corrected chi connectivity index (χ4v) is 4.31. The quantitative estimate of drug-likeness (QED) is 0.847. The fraction of sp³-hybridized carbons (Fsp3) is 0.500. The van der Waals surface area contributed by atoms with Crippen molar-refractivity contribution in [1.82, 2.24) is 9.21 Å². The van der Waals surface area contributed by atoms with E-state index in [0.717, 1.165) is 5.56 Å². The fourth-order valence-electron chi connectivity index (χ4n) is 2.40. The van der Waals surface area contributed by atoms with Crippen LogP contribution in [-0.4, -0.2) is 50.3 Å². The van der Waals surface area contributed by atoms with Crippen molar-refractivity contribution in [3.8, 4) is 6.07 Å². The van der Waals surface area contributed by atoms with Gasteiger partial charge >= 0.3 is 0 Å². The maximum Gasteiger partial charge on any atom is 0.243 e. The van der Waals surface area contributed by atoms with Crippen LogP contribution in [0.15, 0.2) is 23.1 Å². The summed E-state index contributed by atoms with van der Waals surface area (Å²) in [7, 11) is -3.49. The lowest BCUT2D eigenvalue weighted by atomic mass is 10.2. The van der Waals surface area contributed by atoms with E-state index in [-0.39, 0.29) is 4.90 Å². The molecular weight excluding hydrogens is 310 g/mol. The van der Waals surface area contributed by atoms with Crippen LogP contribution in [0.5, 0.6) is 0 Å². The molecule has 0 saturated carbocycles. The molecule has 1 heterocycles. The smallest absolute Gasteiger partial charge is 0.243 e. The average Bonchev–Trinajstić information content (AvgIpc) is 2.44. The predicted octanol–water partition coefficient (Wildman–Crippen LogP) is 1.87. The number of aryl methyl sites for hydroxylation is 1. The first-order valence-electron chi connectivity index (χ1n) is 6.80. The third-order valence-corrected chi connectivity index (χ3v) is 5.62. The number of hydrogen-bond donors (Lipinski definition) is 0. The van der Waals surface area contributed by atoms with Crippen molar-refractivity contribution in [2.45, 2.75) is 18.2 Å². The second kappa shape index (κ2) is 6.75. The summed E-state index contributed by atoms with van der Waals surface area (Å²) in [5.41, 5.74) is 0.828. The van der Waals surface area contributed by atoms with Crippen LogP contribution in [0.1, 0.15) is 12.0 Å². The summed E-state index contributed by atoms with van der Waals surface area (Å²) in [4.78, 5) is 2.36. The summed E-state index contributed by atoms with van der Waals surface area (Å²) >= 11 is 5.95. The van der Waals surface area contributed by atoms with Gasteiger partial charge < -0.3 is 0 Å². The Hall–Kier alpha value is -1.13. The SMILES string of the molecule is Cc1cc(Cl)cc(S(=O)(=O)N2CCN(CCC#N)CC2)c1. The predicted molar refractivity (Wildman–Crippen MR) is 81.6 cm³/mol. The Labute approximate surface area is 130 Å². The van der Waals surface area contributed by atoms with Crippen molar-refractivity contribution in [2.75, 3.05) is 32.7 Å². The number of piperazine rings is 1. The highest BCUT2D eigenvalue weighted by Crippen LogP contribution is 2.22. The largest absolute Gasteiger partial charge is 0.300 e. The maximum absolute atomic E-state index is 12.6. The molecule has 2 rings (SSSR count). The number of halogens is 1. The Morgan fingerprint density at radius 2 is 1.90 bits per heavy atom. The summed E-state index contributed by atoms with van der Waals surface area (Å²) in [5, 5.41) is 9.02. The second-order valence-electron chi connectivity index (χ2n) is 5.12. The molecule has 0 aliphatic carbocycles. The minimum atomic E-state index is -3.49. The molecule has 0 amide bonds. The summed E-state index contributed by atoms with van der Waals surface area (Å²) in [5.74, 6) is 0.